The van der Waals surface area contributed by atoms with E-state index in [1.165, 1.54) is 0 Å². The van der Waals surface area contributed by atoms with Gasteiger partial charge in [-0.05, 0) is 30.5 Å². The molecule has 1 amide bonds. The molecule has 0 aromatic heterocycles. The molecule has 1 unspecified atom stereocenters. The van der Waals surface area contributed by atoms with Crippen LogP contribution in [0.1, 0.15) is 36.7 Å². The molecule has 1 aromatic carbocycles. The number of benzene rings is 1. The van der Waals surface area contributed by atoms with Gasteiger partial charge in [0.2, 0.25) is 0 Å². The van der Waals surface area contributed by atoms with Gasteiger partial charge < -0.3 is 20.7 Å². The second kappa shape index (κ2) is 11.7. The molecule has 0 radical (unpaired) electrons. The van der Waals surface area contributed by atoms with Crippen molar-refractivity contribution < 1.29 is 9.53 Å². The highest BCUT2D eigenvalue weighted by Crippen LogP contribution is 2.08. The average molecular weight is 390 g/mol. The number of guanidine groups is 1. The van der Waals surface area contributed by atoms with Crippen molar-refractivity contribution in [2.24, 2.45) is 10.9 Å². The smallest absolute Gasteiger partial charge is 0.251 e. The SMILES string of the molecule is CCNC(=NCc1cccc(C(=O)NC)c1)NCC1CN(CC(C)C)CCO1. The zero-order valence-corrected chi connectivity index (χ0v) is 17.6. The van der Waals surface area contributed by atoms with Crippen LogP contribution in [0.4, 0.5) is 0 Å². The van der Waals surface area contributed by atoms with Crippen LogP contribution in [0, 0.1) is 5.92 Å². The summed E-state index contributed by atoms with van der Waals surface area (Å²) in [6.45, 7) is 12.4. The molecule has 3 N–H and O–H groups in total. The Morgan fingerprint density at radius 2 is 2.18 bits per heavy atom. The molecule has 1 aromatic rings. The largest absolute Gasteiger partial charge is 0.374 e. The average Bonchev–Trinajstić information content (AvgIpc) is 2.69. The van der Waals surface area contributed by atoms with Gasteiger partial charge in [-0.15, -0.1) is 0 Å². The number of nitrogens with one attached hydrogen (secondary N) is 3. The Labute approximate surface area is 168 Å². The van der Waals surface area contributed by atoms with E-state index in [0.717, 1.165) is 50.9 Å². The topological polar surface area (TPSA) is 78.0 Å². The number of carbonyl (C=O) groups excluding carboxylic acids is 1. The zero-order chi connectivity index (χ0) is 20.4. The Kier molecular flexibility index (Phi) is 9.23. The first-order valence-electron chi connectivity index (χ1n) is 10.2. The summed E-state index contributed by atoms with van der Waals surface area (Å²) in [6.07, 6.45) is 0.160. The minimum absolute atomic E-state index is 0.0868. The predicted octanol–water partition coefficient (Wildman–Crippen LogP) is 1.46. The summed E-state index contributed by atoms with van der Waals surface area (Å²) in [5, 5.41) is 9.31. The first-order valence-corrected chi connectivity index (χ1v) is 10.2. The van der Waals surface area contributed by atoms with Crippen molar-refractivity contribution in [2.75, 3.05) is 46.4 Å². The third kappa shape index (κ3) is 7.48. The van der Waals surface area contributed by atoms with Crippen LogP contribution in [0.5, 0.6) is 0 Å². The maximum atomic E-state index is 11.8. The van der Waals surface area contributed by atoms with Crippen LogP contribution < -0.4 is 16.0 Å². The molecule has 0 bridgehead atoms. The summed E-state index contributed by atoms with van der Waals surface area (Å²) in [7, 11) is 1.63. The monoisotopic (exact) mass is 389 g/mol. The predicted molar refractivity (Wildman–Crippen MR) is 114 cm³/mol. The Hall–Kier alpha value is -2.12. The normalized spacial score (nSPS) is 18.2. The lowest BCUT2D eigenvalue weighted by Crippen LogP contribution is -2.50. The maximum absolute atomic E-state index is 11.8. The molecule has 28 heavy (non-hydrogen) atoms. The molecule has 1 heterocycles. The number of ether oxygens (including phenoxy) is 1. The van der Waals surface area contributed by atoms with E-state index in [1.807, 2.05) is 25.1 Å². The fraction of sp³-hybridized carbons (Fsp3) is 0.619. The van der Waals surface area contributed by atoms with Crippen molar-refractivity contribution >= 4 is 11.9 Å². The first-order chi connectivity index (χ1) is 13.5. The molecule has 1 saturated heterocycles. The van der Waals surface area contributed by atoms with Gasteiger partial charge in [0.1, 0.15) is 0 Å². The Balaban J connectivity index is 1.91. The number of morpholine rings is 1. The van der Waals surface area contributed by atoms with E-state index in [9.17, 15) is 4.79 Å². The second-order valence-corrected chi connectivity index (χ2v) is 7.50. The highest BCUT2D eigenvalue weighted by atomic mass is 16.5. The lowest BCUT2D eigenvalue weighted by Gasteiger charge is -2.34. The number of hydrogen-bond donors (Lipinski definition) is 3. The van der Waals surface area contributed by atoms with Crippen LogP contribution in [0.25, 0.3) is 0 Å². The summed E-state index contributed by atoms with van der Waals surface area (Å²) in [4.78, 5) is 18.9. The molecule has 1 fully saturated rings. The minimum atomic E-state index is -0.0868. The van der Waals surface area contributed by atoms with Crippen molar-refractivity contribution in [3.05, 3.63) is 35.4 Å². The molecule has 7 heteroatoms. The van der Waals surface area contributed by atoms with Crippen molar-refractivity contribution in [2.45, 2.75) is 33.4 Å². The standard InChI is InChI=1S/C21H35N5O2/c1-5-23-21(24-12-17-7-6-8-18(11-17)20(27)22-4)25-13-19-15-26(9-10-28-19)14-16(2)3/h6-8,11,16,19H,5,9-10,12-15H2,1-4H3,(H,22,27)(H2,23,24,25). The molecule has 7 nitrogen and oxygen atoms in total. The lowest BCUT2D eigenvalue weighted by molar-refractivity contribution is -0.0284. The van der Waals surface area contributed by atoms with Crippen molar-refractivity contribution in [1.82, 2.24) is 20.9 Å². The van der Waals surface area contributed by atoms with E-state index in [-0.39, 0.29) is 12.0 Å². The van der Waals surface area contributed by atoms with E-state index in [4.69, 9.17) is 4.74 Å². The summed E-state index contributed by atoms with van der Waals surface area (Å²) < 4.78 is 5.90. The van der Waals surface area contributed by atoms with Crippen molar-refractivity contribution in [1.29, 1.82) is 0 Å². The van der Waals surface area contributed by atoms with Crippen LogP contribution in [0.2, 0.25) is 0 Å². The number of nitrogens with zero attached hydrogens (tertiary/aromatic N) is 2. The van der Waals surface area contributed by atoms with Crippen LogP contribution in [-0.4, -0.2) is 69.2 Å². The lowest BCUT2D eigenvalue weighted by atomic mass is 10.1. The second-order valence-electron chi connectivity index (χ2n) is 7.50. The van der Waals surface area contributed by atoms with E-state index < -0.39 is 0 Å². The molecule has 1 atom stereocenters. The van der Waals surface area contributed by atoms with Gasteiger partial charge in [-0.25, -0.2) is 4.99 Å². The van der Waals surface area contributed by atoms with Gasteiger partial charge >= 0.3 is 0 Å². The van der Waals surface area contributed by atoms with Crippen LogP contribution in [0.15, 0.2) is 29.3 Å². The maximum Gasteiger partial charge on any atom is 0.251 e. The summed E-state index contributed by atoms with van der Waals surface area (Å²) >= 11 is 0. The first kappa shape index (κ1) is 22.2. The number of aliphatic imine (C=N–C) groups is 1. The van der Waals surface area contributed by atoms with Gasteiger partial charge in [0.15, 0.2) is 5.96 Å². The highest BCUT2D eigenvalue weighted by molar-refractivity contribution is 5.94. The Morgan fingerprint density at radius 1 is 1.36 bits per heavy atom. The Morgan fingerprint density at radius 3 is 2.89 bits per heavy atom. The Bertz CT molecular complexity index is 647. The van der Waals surface area contributed by atoms with E-state index in [0.29, 0.717) is 18.0 Å². The molecule has 1 aliphatic rings. The van der Waals surface area contributed by atoms with Crippen molar-refractivity contribution in [3.8, 4) is 0 Å². The number of rotatable bonds is 8. The molecule has 2 rings (SSSR count). The molecule has 0 saturated carbocycles. The molecular formula is C21H35N5O2. The molecule has 1 aliphatic heterocycles. The van der Waals surface area contributed by atoms with Gasteiger partial charge in [0, 0.05) is 45.3 Å². The van der Waals surface area contributed by atoms with E-state index in [1.54, 1.807) is 13.1 Å². The van der Waals surface area contributed by atoms with E-state index >= 15 is 0 Å². The summed E-state index contributed by atoms with van der Waals surface area (Å²) in [5.74, 6) is 1.34. The molecule has 156 valence electrons. The third-order valence-corrected chi connectivity index (χ3v) is 4.52. The minimum Gasteiger partial charge on any atom is -0.374 e. The molecular weight excluding hydrogens is 354 g/mol. The number of hydrogen-bond acceptors (Lipinski definition) is 4. The van der Waals surface area contributed by atoms with E-state index in [2.05, 4.69) is 39.7 Å². The van der Waals surface area contributed by atoms with Crippen LogP contribution in [-0.2, 0) is 11.3 Å². The summed E-state index contributed by atoms with van der Waals surface area (Å²) in [5.41, 5.74) is 1.64. The van der Waals surface area contributed by atoms with Gasteiger partial charge in [-0.3, -0.25) is 9.69 Å². The zero-order valence-electron chi connectivity index (χ0n) is 17.6. The summed E-state index contributed by atoms with van der Waals surface area (Å²) in [6, 6.07) is 7.54. The fourth-order valence-electron chi connectivity index (χ4n) is 3.26. The third-order valence-electron chi connectivity index (χ3n) is 4.52. The van der Waals surface area contributed by atoms with Gasteiger partial charge in [0.05, 0.1) is 19.3 Å². The number of amides is 1. The highest BCUT2D eigenvalue weighted by Gasteiger charge is 2.21. The van der Waals surface area contributed by atoms with Crippen LogP contribution in [0.3, 0.4) is 0 Å². The molecule has 0 spiro atoms. The van der Waals surface area contributed by atoms with Gasteiger partial charge in [-0.2, -0.15) is 0 Å². The van der Waals surface area contributed by atoms with Crippen molar-refractivity contribution in [3.63, 3.8) is 0 Å². The quantitative estimate of drug-likeness (QED) is 0.463. The van der Waals surface area contributed by atoms with Gasteiger partial charge in [-0.1, -0.05) is 26.0 Å². The molecule has 0 aliphatic carbocycles. The number of carbonyl (C=O) groups is 1. The van der Waals surface area contributed by atoms with Gasteiger partial charge in [0.25, 0.3) is 5.91 Å². The fourth-order valence-corrected chi connectivity index (χ4v) is 3.26. The van der Waals surface area contributed by atoms with Crippen LogP contribution >= 0.6 is 0 Å².